The lowest BCUT2D eigenvalue weighted by atomic mass is 10.3. The summed E-state index contributed by atoms with van der Waals surface area (Å²) in [5, 5.41) is 5.78. The number of aromatic nitrogens is 2. The van der Waals surface area contributed by atoms with Gasteiger partial charge in [-0.15, -0.1) is 0 Å². The maximum atomic E-state index is 11.8. The molecule has 1 aromatic rings. The highest BCUT2D eigenvalue weighted by atomic mass is 16.2. The highest BCUT2D eigenvalue weighted by Gasteiger charge is 2.17. The van der Waals surface area contributed by atoms with Crippen molar-refractivity contribution in [1.82, 2.24) is 25.1 Å². The summed E-state index contributed by atoms with van der Waals surface area (Å²) in [5.74, 6) is -0.328. The summed E-state index contributed by atoms with van der Waals surface area (Å²) in [5.41, 5.74) is 0.447. The second-order valence-electron chi connectivity index (χ2n) is 4.20. The third-order valence-electron chi connectivity index (χ3n) is 2.92. The van der Waals surface area contributed by atoms with Gasteiger partial charge in [0.15, 0.2) is 0 Å². The fourth-order valence-electron chi connectivity index (χ4n) is 1.85. The monoisotopic (exact) mass is 251 g/mol. The van der Waals surface area contributed by atoms with E-state index in [1.807, 2.05) is 0 Å². The normalized spacial score (nSPS) is 15.5. The van der Waals surface area contributed by atoms with E-state index in [2.05, 4.69) is 15.6 Å². The van der Waals surface area contributed by atoms with Crippen LogP contribution < -0.4 is 10.6 Å². The Morgan fingerprint density at radius 2 is 2.17 bits per heavy atom. The Labute approximate surface area is 105 Å². The second kappa shape index (κ2) is 5.63. The quantitative estimate of drug-likeness (QED) is 0.691. The molecule has 18 heavy (non-hydrogen) atoms. The van der Waals surface area contributed by atoms with Gasteiger partial charge in [-0.25, -0.2) is 4.98 Å². The van der Waals surface area contributed by atoms with E-state index in [0.717, 1.165) is 13.1 Å². The molecular formula is C11H17N5O2. The second-order valence-corrected chi connectivity index (χ2v) is 4.20. The molecular weight excluding hydrogens is 234 g/mol. The van der Waals surface area contributed by atoms with Crippen molar-refractivity contribution in [2.75, 3.05) is 32.7 Å². The number of nitrogens with zero attached hydrogens (tertiary/aromatic N) is 3. The Hall–Kier alpha value is -1.89. The van der Waals surface area contributed by atoms with E-state index >= 15 is 0 Å². The van der Waals surface area contributed by atoms with Crippen LogP contribution in [-0.2, 0) is 11.8 Å². The number of carbonyl (C=O) groups is 2. The SMILES string of the molecule is Cn1cncc1C(=O)NCC(=O)N1CCNCC1. The number of piperazine rings is 1. The van der Waals surface area contributed by atoms with Gasteiger partial charge in [0.25, 0.3) is 5.91 Å². The molecule has 2 N–H and O–H groups in total. The summed E-state index contributed by atoms with van der Waals surface area (Å²) >= 11 is 0. The van der Waals surface area contributed by atoms with Crippen molar-refractivity contribution in [3.05, 3.63) is 18.2 Å². The highest BCUT2D eigenvalue weighted by molar-refractivity contribution is 5.94. The first-order chi connectivity index (χ1) is 8.68. The largest absolute Gasteiger partial charge is 0.342 e. The van der Waals surface area contributed by atoms with Crippen molar-refractivity contribution >= 4 is 11.8 Å². The highest BCUT2D eigenvalue weighted by Crippen LogP contribution is 1.96. The van der Waals surface area contributed by atoms with E-state index < -0.39 is 0 Å². The van der Waals surface area contributed by atoms with E-state index in [4.69, 9.17) is 0 Å². The Bertz CT molecular complexity index is 436. The minimum absolute atomic E-state index is 0.0318. The molecule has 7 heteroatoms. The van der Waals surface area contributed by atoms with Crippen LogP contribution in [0, 0.1) is 0 Å². The smallest absolute Gasteiger partial charge is 0.269 e. The molecule has 2 amide bonds. The molecule has 0 radical (unpaired) electrons. The molecule has 1 saturated heterocycles. The molecule has 1 aromatic heterocycles. The Balaban J connectivity index is 1.82. The van der Waals surface area contributed by atoms with Gasteiger partial charge in [0, 0.05) is 33.2 Å². The molecule has 1 aliphatic rings. The molecule has 1 fully saturated rings. The van der Waals surface area contributed by atoms with Crippen molar-refractivity contribution in [3.63, 3.8) is 0 Å². The van der Waals surface area contributed by atoms with Crippen LogP contribution in [0.3, 0.4) is 0 Å². The van der Waals surface area contributed by atoms with Crippen molar-refractivity contribution in [1.29, 1.82) is 0 Å². The third kappa shape index (κ3) is 2.86. The first-order valence-electron chi connectivity index (χ1n) is 5.91. The van der Waals surface area contributed by atoms with E-state index in [9.17, 15) is 9.59 Å². The number of imidazole rings is 1. The predicted molar refractivity (Wildman–Crippen MR) is 65.0 cm³/mol. The lowest BCUT2D eigenvalue weighted by Gasteiger charge is -2.27. The maximum absolute atomic E-state index is 11.8. The van der Waals surface area contributed by atoms with E-state index in [1.54, 1.807) is 22.8 Å². The van der Waals surface area contributed by atoms with Crippen LogP contribution in [0.25, 0.3) is 0 Å². The topological polar surface area (TPSA) is 79.3 Å². The van der Waals surface area contributed by atoms with Crippen molar-refractivity contribution in [2.24, 2.45) is 7.05 Å². The molecule has 0 atom stereocenters. The molecule has 0 aromatic carbocycles. The van der Waals surface area contributed by atoms with Gasteiger partial charge < -0.3 is 20.1 Å². The fraction of sp³-hybridized carbons (Fsp3) is 0.545. The van der Waals surface area contributed by atoms with Crippen molar-refractivity contribution in [2.45, 2.75) is 0 Å². The van der Waals surface area contributed by atoms with Crippen LogP contribution >= 0.6 is 0 Å². The molecule has 7 nitrogen and oxygen atoms in total. The van der Waals surface area contributed by atoms with Crippen LogP contribution in [-0.4, -0.2) is 59.0 Å². The van der Waals surface area contributed by atoms with E-state index in [-0.39, 0.29) is 18.4 Å². The summed E-state index contributed by atoms with van der Waals surface area (Å²) in [6.45, 7) is 3.04. The van der Waals surface area contributed by atoms with Crippen LogP contribution in [0.5, 0.6) is 0 Å². The zero-order chi connectivity index (χ0) is 13.0. The summed E-state index contributed by atoms with van der Waals surface area (Å²) in [7, 11) is 1.74. The standard InChI is InChI=1S/C11H17N5O2/c1-15-8-13-6-9(15)11(18)14-7-10(17)16-4-2-12-3-5-16/h6,8,12H,2-5,7H2,1H3,(H,14,18). The van der Waals surface area contributed by atoms with Gasteiger partial charge in [0.05, 0.1) is 19.1 Å². The number of hydrogen-bond acceptors (Lipinski definition) is 4. The van der Waals surface area contributed by atoms with Crippen LogP contribution in [0.4, 0.5) is 0 Å². The zero-order valence-corrected chi connectivity index (χ0v) is 10.3. The number of amides is 2. The predicted octanol–water partition coefficient (Wildman–Crippen LogP) is -1.42. The maximum Gasteiger partial charge on any atom is 0.269 e. The Morgan fingerprint density at radius 3 is 2.78 bits per heavy atom. The molecule has 2 rings (SSSR count). The van der Waals surface area contributed by atoms with Crippen molar-refractivity contribution < 1.29 is 9.59 Å². The van der Waals surface area contributed by atoms with Gasteiger partial charge in [-0.2, -0.15) is 0 Å². The molecule has 98 valence electrons. The first-order valence-corrected chi connectivity index (χ1v) is 5.91. The van der Waals surface area contributed by atoms with Gasteiger partial charge in [0.1, 0.15) is 5.69 Å². The Kier molecular flexibility index (Phi) is 3.93. The summed E-state index contributed by atoms with van der Waals surface area (Å²) in [6, 6.07) is 0. The number of nitrogens with one attached hydrogen (secondary N) is 2. The fourth-order valence-corrected chi connectivity index (χ4v) is 1.85. The van der Waals surface area contributed by atoms with Gasteiger partial charge in [0.2, 0.25) is 5.91 Å². The number of rotatable bonds is 3. The summed E-state index contributed by atoms with van der Waals surface area (Å²) < 4.78 is 1.62. The molecule has 1 aliphatic heterocycles. The molecule has 0 aliphatic carbocycles. The number of hydrogen-bond donors (Lipinski definition) is 2. The van der Waals surface area contributed by atoms with E-state index in [0.29, 0.717) is 18.8 Å². The van der Waals surface area contributed by atoms with Crippen LogP contribution in [0.2, 0.25) is 0 Å². The lowest BCUT2D eigenvalue weighted by molar-refractivity contribution is -0.130. The average Bonchev–Trinajstić information content (AvgIpc) is 2.83. The van der Waals surface area contributed by atoms with Gasteiger partial charge in [-0.05, 0) is 0 Å². The number of aryl methyl sites for hydroxylation is 1. The molecule has 0 spiro atoms. The van der Waals surface area contributed by atoms with Gasteiger partial charge in [-0.1, -0.05) is 0 Å². The summed E-state index contributed by atoms with van der Waals surface area (Å²) in [6.07, 6.45) is 3.03. The molecule has 0 unspecified atom stereocenters. The van der Waals surface area contributed by atoms with E-state index in [1.165, 1.54) is 6.20 Å². The van der Waals surface area contributed by atoms with Crippen molar-refractivity contribution in [3.8, 4) is 0 Å². The molecule has 0 bridgehead atoms. The Morgan fingerprint density at radius 1 is 1.44 bits per heavy atom. The lowest BCUT2D eigenvalue weighted by Crippen LogP contribution is -2.49. The van der Waals surface area contributed by atoms with Gasteiger partial charge in [-0.3, -0.25) is 9.59 Å². The first kappa shape index (κ1) is 12.6. The van der Waals surface area contributed by atoms with Crippen LogP contribution in [0.1, 0.15) is 10.5 Å². The minimum atomic E-state index is -0.279. The van der Waals surface area contributed by atoms with Crippen LogP contribution in [0.15, 0.2) is 12.5 Å². The minimum Gasteiger partial charge on any atom is -0.342 e. The molecule has 2 heterocycles. The van der Waals surface area contributed by atoms with Gasteiger partial charge >= 0.3 is 0 Å². The zero-order valence-electron chi connectivity index (χ0n) is 10.3. The average molecular weight is 251 g/mol. The number of carbonyl (C=O) groups excluding carboxylic acids is 2. The third-order valence-corrected chi connectivity index (χ3v) is 2.92. The molecule has 0 saturated carbocycles. The summed E-state index contributed by atoms with van der Waals surface area (Å²) in [4.78, 5) is 29.2.